The number of aliphatic carboxylic acids is 1. The Bertz CT molecular complexity index is 1820. The summed E-state index contributed by atoms with van der Waals surface area (Å²) in [6, 6.07) is 10.9. The molecule has 0 aliphatic carbocycles. The van der Waals surface area contributed by atoms with Gasteiger partial charge in [0, 0.05) is 27.8 Å². The van der Waals surface area contributed by atoms with E-state index in [1.54, 1.807) is 41.7 Å². The van der Waals surface area contributed by atoms with Gasteiger partial charge in [0.05, 0.1) is 17.1 Å². The van der Waals surface area contributed by atoms with Crippen LogP contribution in [0.3, 0.4) is 0 Å². The number of carbonyl (C=O) groups is 4. The third kappa shape index (κ3) is 5.64. The standard InChI is InChI=1S/C27H21N7O7S2/c28-26-30-17(12-40-26)19(32-41-27(39)29-16-4-2-1-3-5-16)22(35)31-20-23(36)34-21(25(37)38)15(13-43-24(20)34)11-33-8-6-18-14(10-33)7-9-42-18/h1-10,12,20,24H,11,13H2,(H4-,28,29,30,31,35,37,38,39)/b32-19-/t20?,24-/m1/s1. The van der Waals surface area contributed by atoms with Crippen molar-refractivity contribution in [1.29, 1.82) is 0 Å². The summed E-state index contributed by atoms with van der Waals surface area (Å²) in [5.74, 6) is -2.79. The van der Waals surface area contributed by atoms with Gasteiger partial charge in [0.15, 0.2) is 24.7 Å². The van der Waals surface area contributed by atoms with Crippen molar-refractivity contribution < 1.29 is 38.1 Å². The largest absolute Gasteiger partial charge is 0.543 e. The maximum Gasteiger partial charge on any atom is 0.437 e. The Hall–Kier alpha value is -5.22. The zero-order valence-corrected chi connectivity index (χ0v) is 23.6. The molecule has 4 N–H and O–H groups in total. The number of aromatic nitrogens is 2. The summed E-state index contributed by atoms with van der Waals surface area (Å²) in [6.45, 7) is 0.238. The number of hydrogen-bond acceptors (Lipinski definition) is 12. The number of thiophene rings is 1. The number of oxime groups is 1. The highest BCUT2D eigenvalue weighted by Crippen LogP contribution is 2.40. The van der Waals surface area contributed by atoms with Crippen LogP contribution in [0.2, 0.25) is 0 Å². The third-order valence-electron chi connectivity index (χ3n) is 6.57. The molecular weight excluding hydrogens is 598 g/mol. The van der Waals surface area contributed by atoms with Crippen molar-refractivity contribution in [2.75, 3.05) is 16.8 Å². The molecule has 0 radical (unpaired) electrons. The van der Waals surface area contributed by atoms with Crippen LogP contribution in [0.4, 0.5) is 16.5 Å². The highest BCUT2D eigenvalue weighted by atomic mass is 32.2. The number of β-lactam (4-membered cyclic amide) rings is 1. The van der Waals surface area contributed by atoms with E-state index in [2.05, 4.69) is 20.8 Å². The maximum absolute atomic E-state index is 13.3. The van der Waals surface area contributed by atoms with Crippen LogP contribution < -0.4 is 26.0 Å². The molecule has 3 aromatic heterocycles. The summed E-state index contributed by atoms with van der Waals surface area (Å²) in [7, 11) is 0. The molecule has 1 aromatic carbocycles. The molecule has 1 fully saturated rings. The Morgan fingerprint density at radius 2 is 2.05 bits per heavy atom. The van der Waals surface area contributed by atoms with Gasteiger partial charge in [-0.2, -0.15) is 4.98 Å². The summed E-state index contributed by atoms with van der Waals surface area (Å²) in [4.78, 5) is 60.7. The highest BCUT2D eigenvalue weighted by molar-refractivity contribution is 8.00. The minimum absolute atomic E-state index is 0.153. The lowest BCUT2D eigenvalue weighted by Gasteiger charge is -2.50. The number of nitrogens with zero attached hydrogens (tertiary/aromatic N) is 4. The lowest BCUT2D eigenvalue weighted by atomic mass is 10.0. The Kier molecular flexibility index (Phi) is 7.52. The normalized spacial score (nSPS) is 18.2. The van der Waals surface area contributed by atoms with Crippen molar-refractivity contribution in [2.24, 2.45) is 5.16 Å². The highest BCUT2D eigenvalue weighted by Gasteiger charge is 2.53. The lowest BCUT2D eigenvalue weighted by Crippen LogP contribution is -2.71. The van der Waals surface area contributed by atoms with Gasteiger partial charge in [0.1, 0.15) is 23.4 Å². The second-order valence-electron chi connectivity index (χ2n) is 9.34. The molecule has 0 saturated carbocycles. The van der Waals surface area contributed by atoms with Crippen molar-refractivity contribution >= 4 is 74.5 Å². The van der Waals surface area contributed by atoms with E-state index in [9.17, 15) is 24.3 Å². The van der Waals surface area contributed by atoms with Crippen molar-refractivity contribution in [3.63, 3.8) is 0 Å². The summed E-state index contributed by atoms with van der Waals surface area (Å²) in [5, 5.41) is 23.1. The van der Waals surface area contributed by atoms with Gasteiger partial charge in [0.25, 0.3) is 17.8 Å². The monoisotopic (exact) mass is 619 g/mol. The summed E-state index contributed by atoms with van der Waals surface area (Å²) < 4.78 is 7.90. The van der Waals surface area contributed by atoms with Gasteiger partial charge < -0.3 is 25.4 Å². The number of carboxylic acids is 1. The van der Waals surface area contributed by atoms with E-state index >= 15 is 0 Å². The van der Waals surface area contributed by atoms with Gasteiger partial charge >= 0.3 is 6.09 Å². The molecule has 4 aromatic rings. The number of rotatable bonds is 8. The zero-order valence-electron chi connectivity index (χ0n) is 22.0. The quantitative estimate of drug-likeness (QED) is 0.0835. The molecule has 16 heteroatoms. The molecule has 43 heavy (non-hydrogen) atoms. The number of para-hydroxylation sites is 1. The van der Waals surface area contributed by atoms with Crippen LogP contribution in [0.1, 0.15) is 5.69 Å². The van der Waals surface area contributed by atoms with E-state index in [-0.39, 0.29) is 29.7 Å². The summed E-state index contributed by atoms with van der Waals surface area (Å²) in [6.07, 6.45) is 3.79. The van der Waals surface area contributed by atoms with Crippen LogP contribution >= 0.6 is 23.1 Å². The molecule has 1 saturated heterocycles. The molecule has 3 amide bonds. The summed E-state index contributed by atoms with van der Waals surface area (Å²) >= 11 is 2.89. The SMILES string of the molecule is Nc1nc(/C(=N/OC(=O)Nc2ccccc2)C(=O)NC2C(=O)N3C(C(=O)[O-])=C(C[n+]4ccc5sccc5c4)CS[C@H]23)co1. The first-order valence-electron chi connectivity index (χ1n) is 12.7. The van der Waals surface area contributed by atoms with E-state index < -0.39 is 41.0 Å². The van der Waals surface area contributed by atoms with E-state index in [0.29, 0.717) is 11.3 Å². The maximum atomic E-state index is 13.3. The summed E-state index contributed by atoms with van der Waals surface area (Å²) in [5.41, 5.74) is 5.59. The fraction of sp³-hybridized carbons (Fsp3) is 0.148. The molecule has 2 atom stereocenters. The Morgan fingerprint density at radius 1 is 1.23 bits per heavy atom. The van der Waals surface area contributed by atoms with Crippen LogP contribution in [-0.2, 0) is 25.8 Å². The first kappa shape index (κ1) is 27.9. The number of carboxylic acid groups (broad SMARTS) is 1. The molecule has 2 aliphatic rings. The number of hydrogen-bond donors (Lipinski definition) is 3. The fourth-order valence-corrected chi connectivity index (χ4v) is 6.72. The second kappa shape index (κ2) is 11.6. The average Bonchev–Trinajstić information content (AvgIpc) is 3.64. The number of benzene rings is 1. The Labute approximate surface area is 250 Å². The predicted molar refractivity (Wildman–Crippen MR) is 153 cm³/mol. The van der Waals surface area contributed by atoms with Crippen LogP contribution in [0, 0.1) is 0 Å². The number of anilines is 2. The molecule has 1 unspecified atom stereocenters. The smallest absolute Gasteiger partial charge is 0.437 e. The molecular formula is C27H21N7O7S2. The van der Waals surface area contributed by atoms with E-state index in [1.165, 1.54) is 11.8 Å². The molecule has 5 heterocycles. The number of nitrogens with one attached hydrogen (secondary N) is 2. The van der Waals surface area contributed by atoms with Crippen molar-refractivity contribution in [3.8, 4) is 0 Å². The van der Waals surface area contributed by atoms with Crippen molar-refractivity contribution in [3.05, 3.63) is 83.5 Å². The van der Waals surface area contributed by atoms with Gasteiger partial charge in [-0.15, -0.1) is 23.1 Å². The predicted octanol–water partition coefficient (Wildman–Crippen LogP) is 0.816. The van der Waals surface area contributed by atoms with Gasteiger partial charge in [-0.25, -0.2) is 9.36 Å². The zero-order chi connectivity index (χ0) is 30.1. The van der Waals surface area contributed by atoms with Crippen LogP contribution in [0.25, 0.3) is 10.1 Å². The average molecular weight is 620 g/mol. The number of nitrogen functional groups attached to an aromatic ring is 1. The molecule has 6 rings (SSSR count). The van der Waals surface area contributed by atoms with Gasteiger partial charge in [-0.05, 0) is 23.6 Å². The number of carbonyl (C=O) groups excluding carboxylic acids is 4. The van der Waals surface area contributed by atoms with Crippen LogP contribution in [0.15, 0.2) is 87.3 Å². The Morgan fingerprint density at radius 3 is 2.79 bits per heavy atom. The number of pyridine rings is 1. The number of nitrogens with two attached hydrogens (primary N) is 1. The van der Waals surface area contributed by atoms with Crippen LogP contribution in [-0.4, -0.2) is 56.6 Å². The van der Waals surface area contributed by atoms with Gasteiger partial charge in [-0.1, -0.05) is 23.4 Å². The molecule has 14 nitrogen and oxygen atoms in total. The molecule has 0 bridgehead atoms. The fourth-order valence-electron chi connectivity index (χ4n) is 4.63. The van der Waals surface area contributed by atoms with Crippen LogP contribution in [0.5, 0.6) is 0 Å². The van der Waals surface area contributed by atoms with Crippen molar-refractivity contribution in [1.82, 2.24) is 15.2 Å². The number of amides is 3. The minimum atomic E-state index is -1.49. The lowest BCUT2D eigenvalue weighted by molar-refractivity contribution is -0.687. The van der Waals surface area contributed by atoms with Crippen molar-refractivity contribution in [2.45, 2.75) is 18.0 Å². The number of oxazole rings is 1. The first-order valence-corrected chi connectivity index (χ1v) is 14.6. The molecule has 0 spiro atoms. The number of thioether (sulfide) groups is 1. The second-order valence-corrected chi connectivity index (χ2v) is 11.4. The number of fused-ring (bicyclic) bond motifs is 2. The van der Waals surface area contributed by atoms with Gasteiger partial charge in [0.2, 0.25) is 0 Å². The third-order valence-corrected chi connectivity index (χ3v) is 8.81. The minimum Gasteiger partial charge on any atom is -0.543 e. The van der Waals surface area contributed by atoms with Gasteiger partial charge in [-0.3, -0.25) is 24.6 Å². The molecule has 218 valence electrons. The van der Waals surface area contributed by atoms with E-state index in [4.69, 9.17) is 15.0 Å². The van der Waals surface area contributed by atoms with E-state index in [0.717, 1.165) is 21.2 Å². The molecule has 2 aliphatic heterocycles. The topological polar surface area (TPSA) is 196 Å². The Balaban J connectivity index is 1.18. The first-order chi connectivity index (χ1) is 20.8. The van der Waals surface area contributed by atoms with E-state index in [1.807, 2.05) is 34.5 Å².